The third kappa shape index (κ3) is 4.70. The van der Waals surface area contributed by atoms with Crippen molar-refractivity contribution < 1.29 is 22.7 Å². The molecule has 0 bridgehead atoms. The second kappa shape index (κ2) is 9.95. The molecule has 8 heteroatoms. The van der Waals surface area contributed by atoms with Gasteiger partial charge in [0.15, 0.2) is 6.10 Å². The Kier molecular flexibility index (Phi) is 6.73. The van der Waals surface area contributed by atoms with Crippen molar-refractivity contribution in [2.24, 2.45) is 0 Å². The zero-order valence-electron chi connectivity index (χ0n) is 20.2. The molecule has 1 N–H and O–H groups in total. The molecule has 2 aliphatic heterocycles. The Morgan fingerprint density at radius 3 is 2.36 bits per heavy atom. The molecule has 36 heavy (non-hydrogen) atoms. The number of ether oxygens (including phenoxy) is 2. The minimum Gasteiger partial charge on any atom is -0.476 e. The van der Waals surface area contributed by atoms with E-state index in [4.69, 9.17) is 9.47 Å². The Labute approximate surface area is 212 Å². The number of rotatable bonds is 6. The van der Waals surface area contributed by atoms with Gasteiger partial charge in [-0.1, -0.05) is 54.6 Å². The summed E-state index contributed by atoms with van der Waals surface area (Å²) >= 11 is 0. The summed E-state index contributed by atoms with van der Waals surface area (Å²) in [4.78, 5) is 13.6. The van der Waals surface area contributed by atoms with E-state index in [1.807, 2.05) is 31.2 Å². The van der Waals surface area contributed by atoms with Gasteiger partial charge in [0, 0.05) is 25.2 Å². The molecule has 188 valence electrons. The Balaban J connectivity index is 1.41. The Morgan fingerprint density at radius 2 is 1.67 bits per heavy atom. The van der Waals surface area contributed by atoms with Gasteiger partial charge < -0.3 is 14.8 Å². The highest BCUT2D eigenvalue weighted by molar-refractivity contribution is 7.92. The van der Waals surface area contributed by atoms with Gasteiger partial charge in [-0.3, -0.25) is 9.10 Å². The van der Waals surface area contributed by atoms with Crippen LogP contribution in [-0.2, 0) is 25.0 Å². The lowest BCUT2D eigenvalue weighted by molar-refractivity contribution is -0.128. The monoisotopic (exact) mass is 506 g/mol. The van der Waals surface area contributed by atoms with Gasteiger partial charge in [-0.15, -0.1) is 0 Å². The van der Waals surface area contributed by atoms with E-state index in [0.29, 0.717) is 31.2 Å². The molecule has 7 nitrogen and oxygen atoms in total. The van der Waals surface area contributed by atoms with Gasteiger partial charge in [-0.05, 0) is 55.2 Å². The van der Waals surface area contributed by atoms with E-state index in [1.54, 1.807) is 42.5 Å². The fraction of sp³-hybridized carbons (Fsp3) is 0.321. The normalized spacial score (nSPS) is 19.1. The number of hydrogen-bond acceptors (Lipinski definition) is 5. The SMILES string of the molecule is Cc1ccc2c(c1)OC(C(=O)NCC1(c3ccccc3)CCOCC1)CN2S(=O)(=O)c1ccccc1. The summed E-state index contributed by atoms with van der Waals surface area (Å²) in [6.07, 6.45) is 0.601. The number of aryl methyl sites for hydroxylation is 1. The smallest absolute Gasteiger partial charge is 0.264 e. The topological polar surface area (TPSA) is 84.9 Å². The van der Waals surface area contributed by atoms with E-state index in [9.17, 15) is 13.2 Å². The molecule has 0 saturated carbocycles. The molecule has 2 heterocycles. The summed E-state index contributed by atoms with van der Waals surface area (Å²) in [6, 6.07) is 23.7. The molecular weight excluding hydrogens is 476 g/mol. The summed E-state index contributed by atoms with van der Waals surface area (Å²) in [7, 11) is -3.89. The second-order valence-electron chi connectivity index (χ2n) is 9.40. The van der Waals surface area contributed by atoms with E-state index in [-0.39, 0.29) is 22.8 Å². The number of amides is 1. The van der Waals surface area contributed by atoms with Crippen LogP contribution in [-0.4, -0.2) is 46.7 Å². The van der Waals surface area contributed by atoms with E-state index in [0.717, 1.165) is 24.0 Å². The fourth-order valence-electron chi connectivity index (χ4n) is 4.94. The lowest BCUT2D eigenvalue weighted by atomic mass is 9.74. The summed E-state index contributed by atoms with van der Waals surface area (Å²) in [5.74, 6) is 0.0435. The first-order valence-corrected chi connectivity index (χ1v) is 13.6. The number of nitrogens with one attached hydrogen (secondary N) is 1. The number of carbonyl (C=O) groups excluding carboxylic acids is 1. The number of anilines is 1. The summed E-state index contributed by atoms with van der Waals surface area (Å²) in [5.41, 5.74) is 2.26. The van der Waals surface area contributed by atoms with Crippen molar-refractivity contribution in [1.82, 2.24) is 5.32 Å². The van der Waals surface area contributed by atoms with Crippen molar-refractivity contribution in [3.8, 4) is 5.75 Å². The van der Waals surface area contributed by atoms with Crippen molar-refractivity contribution in [3.63, 3.8) is 0 Å². The Hall–Kier alpha value is -3.36. The molecule has 1 unspecified atom stereocenters. The number of hydrogen-bond donors (Lipinski definition) is 1. The van der Waals surface area contributed by atoms with Crippen LogP contribution >= 0.6 is 0 Å². The molecule has 1 atom stereocenters. The highest BCUT2D eigenvalue weighted by Crippen LogP contribution is 2.38. The zero-order valence-corrected chi connectivity index (χ0v) is 21.0. The van der Waals surface area contributed by atoms with Gasteiger partial charge in [0.05, 0.1) is 17.1 Å². The predicted molar refractivity (Wildman–Crippen MR) is 138 cm³/mol. The maximum atomic E-state index is 13.6. The number of benzene rings is 3. The van der Waals surface area contributed by atoms with Gasteiger partial charge in [0.25, 0.3) is 15.9 Å². The summed E-state index contributed by atoms with van der Waals surface area (Å²) in [6.45, 7) is 3.46. The van der Waals surface area contributed by atoms with E-state index in [2.05, 4.69) is 17.4 Å². The van der Waals surface area contributed by atoms with Crippen LogP contribution in [0.1, 0.15) is 24.0 Å². The summed E-state index contributed by atoms with van der Waals surface area (Å²) < 4.78 is 40.1. The van der Waals surface area contributed by atoms with Crippen LogP contribution < -0.4 is 14.4 Å². The lowest BCUT2D eigenvalue weighted by Crippen LogP contribution is -2.53. The van der Waals surface area contributed by atoms with Gasteiger partial charge in [-0.25, -0.2) is 8.42 Å². The highest BCUT2D eigenvalue weighted by atomic mass is 32.2. The molecule has 1 saturated heterocycles. The number of fused-ring (bicyclic) bond motifs is 1. The quantitative estimate of drug-likeness (QED) is 0.550. The predicted octanol–water partition coefficient (Wildman–Crippen LogP) is 3.82. The number of sulfonamides is 1. The van der Waals surface area contributed by atoms with Crippen LogP contribution in [0, 0.1) is 6.92 Å². The molecule has 0 spiro atoms. The van der Waals surface area contributed by atoms with Crippen LogP contribution in [0.5, 0.6) is 5.75 Å². The van der Waals surface area contributed by atoms with Crippen LogP contribution in [0.25, 0.3) is 0 Å². The van der Waals surface area contributed by atoms with Crippen LogP contribution in [0.2, 0.25) is 0 Å². The largest absolute Gasteiger partial charge is 0.476 e. The lowest BCUT2D eigenvalue weighted by Gasteiger charge is -2.39. The first-order valence-electron chi connectivity index (χ1n) is 12.2. The standard InChI is InChI=1S/C28H30N2O5S/c1-21-12-13-24-25(18-21)35-26(19-30(24)36(32,33)23-10-6-3-7-11-23)27(31)29-20-28(14-16-34-17-15-28)22-8-4-2-5-9-22/h2-13,18,26H,14-17,19-20H2,1H3,(H,29,31). The summed E-state index contributed by atoms with van der Waals surface area (Å²) in [5, 5.41) is 3.08. The van der Waals surface area contributed by atoms with Crippen LogP contribution in [0.15, 0.2) is 83.8 Å². The van der Waals surface area contributed by atoms with E-state index < -0.39 is 16.1 Å². The first-order chi connectivity index (χ1) is 17.4. The molecule has 1 amide bonds. The first kappa shape index (κ1) is 24.3. The van der Waals surface area contributed by atoms with Crippen molar-refractivity contribution in [3.05, 3.63) is 90.0 Å². The maximum absolute atomic E-state index is 13.6. The molecule has 0 aliphatic carbocycles. The number of nitrogens with zero attached hydrogens (tertiary/aromatic N) is 1. The molecule has 3 aromatic rings. The zero-order chi connectivity index (χ0) is 25.2. The van der Waals surface area contributed by atoms with Crippen molar-refractivity contribution in [2.75, 3.05) is 30.6 Å². The minimum atomic E-state index is -3.89. The van der Waals surface area contributed by atoms with E-state index in [1.165, 1.54) is 4.31 Å². The molecule has 0 radical (unpaired) electrons. The fourth-order valence-corrected chi connectivity index (χ4v) is 6.43. The molecular formula is C28H30N2O5S. The van der Waals surface area contributed by atoms with E-state index >= 15 is 0 Å². The average molecular weight is 507 g/mol. The Bertz CT molecular complexity index is 1320. The van der Waals surface area contributed by atoms with Crippen molar-refractivity contribution >= 4 is 21.6 Å². The maximum Gasteiger partial charge on any atom is 0.264 e. The van der Waals surface area contributed by atoms with Gasteiger partial charge >= 0.3 is 0 Å². The van der Waals surface area contributed by atoms with Gasteiger partial charge in [0.2, 0.25) is 0 Å². The minimum absolute atomic E-state index is 0.111. The third-order valence-electron chi connectivity index (χ3n) is 7.05. The molecule has 3 aromatic carbocycles. The molecule has 5 rings (SSSR count). The Morgan fingerprint density at radius 1 is 1.00 bits per heavy atom. The second-order valence-corrected chi connectivity index (χ2v) is 11.3. The van der Waals surface area contributed by atoms with Crippen molar-refractivity contribution in [1.29, 1.82) is 0 Å². The van der Waals surface area contributed by atoms with Crippen LogP contribution in [0.3, 0.4) is 0 Å². The third-order valence-corrected chi connectivity index (χ3v) is 8.84. The number of carbonyl (C=O) groups is 1. The average Bonchev–Trinajstić information content (AvgIpc) is 2.92. The van der Waals surface area contributed by atoms with Crippen molar-refractivity contribution in [2.45, 2.75) is 36.2 Å². The van der Waals surface area contributed by atoms with Gasteiger partial charge in [-0.2, -0.15) is 0 Å². The van der Waals surface area contributed by atoms with Gasteiger partial charge in [0.1, 0.15) is 5.75 Å². The highest BCUT2D eigenvalue weighted by Gasteiger charge is 2.39. The molecule has 1 fully saturated rings. The molecule has 2 aliphatic rings. The molecule has 0 aromatic heterocycles. The van der Waals surface area contributed by atoms with Crippen LogP contribution in [0.4, 0.5) is 5.69 Å².